The molecule has 0 amide bonds. The number of hydrogen-bond donors (Lipinski definition) is 0. The van der Waals surface area contributed by atoms with Crippen LogP contribution >= 0.6 is 22.9 Å². The van der Waals surface area contributed by atoms with Gasteiger partial charge in [-0.05, 0) is 57.4 Å². The van der Waals surface area contributed by atoms with Crippen LogP contribution in [0.2, 0.25) is 5.02 Å². The SMILES string of the molecule is B/C(C#C)=C(B)/C(B)=C1\Cc2c(-c3ccc(Cl)cc3)sc(-c3ccccc3)c2C1(c1ccccc1)c1ccccc1. The van der Waals surface area contributed by atoms with Gasteiger partial charge in [0.25, 0.3) is 0 Å². The lowest BCUT2D eigenvalue weighted by molar-refractivity contribution is 0.749. The molecule has 6 rings (SSSR count). The summed E-state index contributed by atoms with van der Waals surface area (Å²) in [4.78, 5) is 2.60. The van der Waals surface area contributed by atoms with Crippen LogP contribution in [0.4, 0.5) is 0 Å². The highest BCUT2D eigenvalue weighted by Gasteiger charge is 2.50. The molecule has 0 N–H and O–H groups in total. The highest BCUT2D eigenvalue weighted by atomic mass is 35.5. The Morgan fingerprint density at radius 3 is 1.76 bits per heavy atom. The van der Waals surface area contributed by atoms with Gasteiger partial charge in [0.2, 0.25) is 0 Å². The van der Waals surface area contributed by atoms with E-state index in [4.69, 9.17) is 18.0 Å². The number of thiophene rings is 1. The van der Waals surface area contributed by atoms with Crippen molar-refractivity contribution >= 4 is 46.5 Å². The Balaban J connectivity index is 1.82. The van der Waals surface area contributed by atoms with E-state index < -0.39 is 5.41 Å². The highest BCUT2D eigenvalue weighted by Crippen LogP contribution is 2.61. The van der Waals surface area contributed by atoms with E-state index in [-0.39, 0.29) is 0 Å². The molecule has 0 unspecified atom stereocenters. The average molecular weight is 561 g/mol. The standard InChI is InChI=1S/C36H28B3ClS/c1-2-30(37)33(39)32(38)29-22-28-31(36(29,25-14-8-4-9-15-25)26-16-10-5-11-17-26)35(23-12-6-3-7-13-23)41-34(28)24-18-20-27(40)21-19-24/h1,3-21H,22,37-39H2/b32-29-,33-30-. The normalized spacial score (nSPS) is 15.5. The van der Waals surface area contributed by atoms with Gasteiger partial charge in [-0.3, -0.25) is 0 Å². The van der Waals surface area contributed by atoms with Crippen molar-refractivity contribution in [1.29, 1.82) is 0 Å². The largest absolute Gasteiger partial charge is 0.149 e. The minimum Gasteiger partial charge on any atom is -0.135 e. The van der Waals surface area contributed by atoms with Crippen LogP contribution in [0.25, 0.3) is 20.9 Å². The van der Waals surface area contributed by atoms with Crippen molar-refractivity contribution in [3.05, 3.63) is 165 Å². The zero-order chi connectivity index (χ0) is 28.6. The van der Waals surface area contributed by atoms with Crippen LogP contribution in [0.5, 0.6) is 0 Å². The monoisotopic (exact) mass is 560 g/mol. The van der Waals surface area contributed by atoms with Crippen LogP contribution in [0.1, 0.15) is 22.3 Å². The first kappa shape index (κ1) is 27.3. The van der Waals surface area contributed by atoms with E-state index in [0.29, 0.717) is 0 Å². The number of benzene rings is 4. The molecule has 0 saturated carbocycles. The predicted molar refractivity (Wildman–Crippen MR) is 185 cm³/mol. The van der Waals surface area contributed by atoms with Gasteiger partial charge in [0.15, 0.2) is 0 Å². The summed E-state index contributed by atoms with van der Waals surface area (Å²) in [6, 6.07) is 41.1. The fourth-order valence-electron chi connectivity index (χ4n) is 6.33. The van der Waals surface area contributed by atoms with Gasteiger partial charge in [0.1, 0.15) is 23.5 Å². The zero-order valence-electron chi connectivity index (χ0n) is 23.5. The van der Waals surface area contributed by atoms with E-state index in [2.05, 4.69) is 125 Å². The molecule has 0 saturated heterocycles. The summed E-state index contributed by atoms with van der Waals surface area (Å²) in [6.45, 7) is 0. The lowest BCUT2D eigenvalue weighted by Gasteiger charge is -2.36. The molecule has 5 heteroatoms. The topological polar surface area (TPSA) is 0 Å². The van der Waals surface area contributed by atoms with Gasteiger partial charge < -0.3 is 0 Å². The molecule has 0 aliphatic heterocycles. The van der Waals surface area contributed by atoms with Crippen molar-refractivity contribution in [3.8, 4) is 33.2 Å². The highest BCUT2D eigenvalue weighted by molar-refractivity contribution is 7.19. The maximum Gasteiger partial charge on any atom is 0.149 e. The van der Waals surface area contributed by atoms with Crippen LogP contribution in [0.15, 0.2) is 137 Å². The summed E-state index contributed by atoms with van der Waals surface area (Å²) in [7, 11) is 6.47. The Kier molecular flexibility index (Phi) is 7.44. The van der Waals surface area contributed by atoms with Gasteiger partial charge in [-0.15, -0.1) is 17.8 Å². The smallest absolute Gasteiger partial charge is 0.135 e. The molecule has 0 nitrogen and oxygen atoms in total. The molecule has 1 aromatic heterocycles. The summed E-state index contributed by atoms with van der Waals surface area (Å²) in [5.41, 5.74) is 12.0. The Labute approximate surface area is 255 Å². The quantitative estimate of drug-likeness (QED) is 0.167. The molecule has 0 fully saturated rings. The summed E-state index contributed by atoms with van der Waals surface area (Å²) in [5, 5.41) is 0.745. The Morgan fingerprint density at radius 2 is 1.22 bits per heavy atom. The summed E-state index contributed by atoms with van der Waals surface area (Å²) in [6.07, 6.45) is 6.77. The van der Waals surface area contributed by atoms with Crippen LogP contribution in [-0.4, -0.2) is 23.5 Å². The van der Waals surface area contributed by atoms with Crippen LogP contribution in [0.3, 0.4) is 0 Å². The van der Waals surface area contributed by atoms with Gasteiger partial charge in [-0.25, -0.2) is 0 Å². The van der Waals surface area contributed by atoms with Gasteiger partial charge in [-0.2, -0.15) is 0 Å². The molecule has 41 heavy (non-hydrogen) atoms. The first-order valence-corrected chi connectivity index (χ1v) is 15.1. The minimum absolute atomic E-state index is 0.482. The maximum absolute atomic E-state index is 6.34. The number of terminal acetylenes is 1. The number of fused-ring (bicyclic) bond motifs is 1. The lowest BCUT2D eigenvalue weighted by atomic mass is 9.60. The van der Waals surface area contributed by atoms with E-state index in [1.165, 1.54) is 59.7 Å². The van der Waals surface area contributed by atoms with Crippen LogP contribution < -0.4 is 0 Å². The van der Waals surface area contributed by atoms with E-state index in [0.717, 1.165) is 16.9 Å². The second-order valence-electron chi connectivity index (χ2n) is 10.6. The fraction of sp³-hybridized carbons (Fsp3) is 0.0556. The third-order valence-corrected chi connectivity index (χ3v) is 10.1. The summed E-state index contributed by atoms with van der Waals surface area (Å²) < 4.78 is 0. The summed E-state index contributed by atoms with van der Waals surface area (Å²) in [5.74, 6) is 2.91. The molecule has 4 aromatic carbocycles. The molecule has 0 radical (unpaired) electrons. The van der Waals surface area contributed by atoms with Crippen LogP contribution in [-0.2, 0) is 11.8 Å². The number of hydrogen-bond acceptors (Lipinski definition) is 1. The minimum atomic E-state index is -0.482. The lowest BCUT2D eigenvalue weighted by Crippen LogP contribution is -2.30. The van der Waals surface area contributed by atoms with Gasteiger partial charge in [0, 0.05) is 14.8 Å². The first-order chi connectivity index (χ1) is 20.0. The molecule has 1 aliphatic rings. The first-order valence-electron chi connectivity index (χ1n) is 13.9. The van der Waals surface area contributed by atoms with Crippen molar-refractivity contribution in [2.45, 2.75) is 11.8 Å². The van der Waals surface area contributed by atoms with Crippen molar-refractivity contribution in [2.24, 2.45) is 0 Å². The number of rotatable bonds is 5. The molecule has 0 spiro atoms. The molecular formula is C36H28B3ClS. The zero-order valence-corrected chi connectivity index (χ0v) is 25.1. The molecule has 0 atom stereocenters. The number of allylic oxidation sites excluding steroid dienone is 4. The van der Waals surface area contributed by atoms with Gasteiger partial charge >= 0.3 is 0 Å². The second-order valence-corrected chi connectivity index (χ2v) is 12.1. The molecular weight excluding hydrogens is 532 g/mol. The number of halogens is 1. The van der Waals surface area contributed by atoms with E-state index in [1.54, 1.807) is 0 Å². The van der Waals surface area contributed by atoms with Gasteiger partial charge in [0.05, 0.1) is 5.41 Å². The van der Waals surface area contributed by atoms with E-state index >= 15 is 0 Å². The average Bonchev–Trinajstić information content (AvgIpc) is 3.58. The Hall–Kier alpha value is -3.90. The molecule has 194 valence electrons. The second kappa shape index (κ2) is 11.2. The molecule has 1 heterocycles. The molecule has 0 bridgehead atoms. The van der Waals surface area contributed by atoms with Crippen molar-refractivity contribution < 1.29 is 0 Å². The Morgan fingerprint density at radius 1 is 0.707 bits per heavy atom. The van der Waals surface area contributed by atoms with Crippen molar-refractivity contribution in [2.75, 3.05) is 0 Å². The predicted octanol–water partition coefficient (Wildman–Crippen LogP) is 6.62. The molecule has 1 aliphatic carbocycles. The third-order valence-electron chi connectivity index (χ3n) is 8.54. The summed E-state index contributed by atoms with van der Waals surface area (Å²) >= 11 is 8.23. The maximum atomic E-state index is 6.34. The van der Waals surface area contributed by atoms with Crippen molar-refractivity contribution in [1.82, 2.24) is 0 Å². The van der Waals surface area contributed by atoms with E-state index in [1.807, 2.05) is 31.3 Å². The fourth-order valence-corrected chi connectivity index (χ4v) is 7.84. The molecule has 5 aromatic rings. The van der Waals surface area contributed by atoms with Crippen molar-refractivity contribution in [3.63, 3.8) is 0 Å². The van der Waals surface area contributed by atoms with E-state index in [9.17, 15) is 0 Å². The van der Waals surface area contributed by atoms with Gasteiger partial charge in [-0.1, -0.05) is 137 Å². The third kappa shape index (κ3) is 4.55. The Bertz CT molecular complexity index is 1790. The van der Waals surface area contributed by atoms with Crippen LogP contribution in [0, 0.1) is 12.3 Å².